The van der Waals surface area contributed by atoms with Gasteiger partial charge in [-0.15, -0.1) is 0 Å². The minimum Gasteiger partial charge on any atom is -0.497 e. The predicted octanol–water partition coefficient (Wildman–Crippen LogP) is 4.36. The van der Waals surface area contributed by atoms with Crippen LogP contribution in [0.4, 0.5) is 0 Å². The molecule has 0 unspecified atom stereocenters. The van der Waals surface area contributed by atoms with Gasteiger partial charge in [0.05, 0.1) is 38.3 Å². The molecule has 0 atom stereocenters. The first-order chi connectivity index (χ1) is 14.8. The van der Waals surface area contributed by atoms with E-state index in [-0.39, 0.29) is 0 Å². The van der Waals surface area contributed by atoms with Crippen LogP contribution >= 0.6 is 0 Å². The molecule has 8 heteroatoms. The lowest BCUT2D eigenvalue weighted by Gasteiger charge is -2.15. The number of nitrogens with zero attached hydrogens (tertiary/aromatic N) is 5. The lowest BCUT2D eigenvalue weighted by molar-refractivity contribution is 0.164. The summed E-state index contributed by atoms with van der Waals surface area (Å²) in [6.45, 7) is 8.11. The lowest BCUT2D eigenvalue weighted by Crippen LogP contribution is -2.28. The van der Waals surface area contributed by atoms with Crippen molar-refractivity contribution in [2.75, 3.05) is 19.9 Å². The van der Waals surface area contributed by atoms with Gasteiger partial charge in [-0.1, -0.05) is 19.6 Å². The van der Waals surface area contributed by atoms with Crippen molar-refractivity contribution in [1.29, 1.82) is 5.26 Å². The third-order valence-electron chi connectivity index (χ3n) is 5.18. The zero-order valence-electron chi connectivity index (χ0n) is 18.6. The number of benzene rings is 1. The van der Waals surface area contributed by atoms with Crippen LogP contribution in [0, 0.1) is 11.3 Å². The summed E-state index contributed by atoms with van der Waals surface area (Å²) in [6, 6.07) is 10.1. The van der Waals surface area contributed by atoms with Gasteiger partial charge in [0.1, 0.15) is 23.2 Å². The Hall–Kier alpha value is -3.15. The number of rotatable bonds is 7. The van der Waals surface area contributed by atoms with Gasteiger partial charge in [-0.25, -0.2) is 4.98 Å². The molecule has 0 radical (unpaired) electrons. The predicted molar refractivity (Wildman–Crippen MR) is 125 cm³/mol. The molecule has 3 aromatic heterocycles. The molecule has 0 saturated carbocycles. The topological polar surface area (TPSA) is 77.9 Å². The second-order valence-corrected chi connectivity index (χ2v) is 14.3. The minimum atomic E-state index is -1.25. The lowest BCUT2D eigenvalue weighted by atomic mass is 10.1. The molecule has 7 nitrogen and oxygen atoms in total. The summed E-state index contributed by atoms with van der Waals surface area (Å²) in [7, 11) is 2.31. The van der Waals surface area contributed by atoms with Crippen LogP contribution in [-0.4, -0.2) is 47.4 Å². The van der Waals surface area contributed by atoms with E-state index in [2.05, 4.69) is 25.7 Å². The Labute approximate surface area is 182 Å². The number of fused-ring (bicyclic) bond motifs is 3. The van der Waals surface area contributed by atoms with Crippen molar-refractivity contribution in [3.05, 3.63) is 42.2 Å². The fraction of sp³-hybridized carbons (Fsp3) is 0.348. The Bertz CT molecular complexity index is 1280. The molecule has 0 bridgehead atoms. The highest BCUT2D eigenvalue weighted by Gasteiger charge is 2.20. The SMILES string of the molecule is COc1ccc(-c2nn(C)c3c2cnc2c3c(C#N)cn2CCOC[Si](C)(C)C)cc1. The number of aromatic nitrogens is 4. The quantitative estimate of drug-likeness (QED) is 0.320. The van der Waals surface area contributed by atoms with Crippen LogP contribution in [0.1, 0.15) is 5.56 Å². The van der Waals surface area contributed by atoms with Crippen LogP contribution in [0.25, 0.3) is 33.2 Å². The van der Waals surface area contributed by atoms with E-state index in [1.807, 2.05) is 53.0 Å². The van der Waals surface area contributed by atoms with E-state index in [1.165, 1.54) is 0 Å². The normalized spacial score (nSPS) is 11.9. The Morgan fingerprint density at radius 3 is 2.55 bits per heavy atom. The number of hydrogen-bond acceptors (Lipinski definition) is 5. The highest BCUT2D eigenvalue weighted by molar-refractivity contribution is 6.76. The van der Waals surface area contributed by atoms with Crippen LogP contribution in [-0.2, 0) is 18.3 Å². The van der Waals surface area contributed by atoms with E-state index in [0.29, 0.717) is 18.7 Å². The summed E-state index contributed by atoms with van der Waals surface area (Å²) in [5.74, 6) is 0.796. The molecule has 0 amide bonds. The van der Waals surface area contributed by atoms with Gasteiger partial charge in [0.25, 0.3) is 0 Å². The molecule has 0 aliphatic carbocycles. The molecule has 1 aromatic carbocycles. The maximum Gasteiger partial charge on any atom is 0.143 e. The van der Waals surface area contributed by atoms with Gasteiger partial charge in [-0.3, -0.25) is 4.68 Å². The molecule has 0 aliphatic rings. The first kappa shape index (κ1) is 21.1. The zero-order chi connectivity index (χ0) is 22.2. The second kappa shape index (κ2) is 8.17. The van der Waals surface area contributed by atoms with E-state index in [1.54, 1.807) is 7.11 Å². The molecule has 160 valence electrons. The van der Waals surface area contributed by atoms with Crippen LogP contribution in [0.5, 0.6) is 5.75 Å². The summed E-state index contributed by atoms with van der Waals surface area (Å²) < 4.78 is 15.0. The monoisotopic (exact) mass is 433 g/mol. The van der Waals surface area contributed by atoms with Gasteiger partial charge in [-0.05, 0) is 24.3 Å². The smallest absolute Gasteiger partial charge is 0.143 e. The van der Waals surface area contributed by atoms with Crippen molar-refractivity contribution in [2.45, 2.75) is 26.2 Å². The number of ether oxygens (including phenoxy) is 2. The highest BCUT2D eigenvalue weighted by Crippen LogP contribution is 2.34. The number of aryl methyl sites for hydroxylation is 1. The van der Waals surface area contributed by atoms with Gasteiger partial charge in [0.15, 0.2) is 0 Å². The molecular formula is C23H27N5O2Si. The van der Waals surface area contributed by atoms with Crippen LogP contribution in [0.3, 0.4) is 0 Å². The standard InChI is InChI=1S/C23H27N5O2Si/c1-27-22-19(21(26-27)16-6-8-18(29-2)9-7-16)13-25-23-20(22)17(12-24)14-28(23)10-11-30-15-31(3,4)5/h6-9,13-14H,10-11,15H2,1-5H3. The maximum atomic E-state index is 9.80. The summed E-state index contributed by atoms with van der Waals surface area (Å²) in [5.41, 5.74) is 4.11. The van der Waals surface area contributed by atoms with Gasteiger partial charge >= 0.3 is 0 Å². The molecule has 0 fully saturated rings. The largest absolute Gasteiger partial charge is 0.497 e. The van der Waals surface area contributed by atoms with Crippen molar-refractivity contribution in [3.8, 4) is 23.1 Å². The first-order valence-corrected chi connectivity index (χ1v) is 14.0. The first-order valence-electron chi connectivity index (χ1n) is 10.3. The number of pyridine rings is 1. The maximum absolute atomic E-state index is 9.80. The summed E-state index contributed by atoms with van der Waals surface area (Å²) in [4.78, 5) is 4.73. The molecular weight excluding hydrogens is 406 g/mol. The molecule has 0 aliphatic heterocycles. The van der Waals surface area contributed by atoms with Crippen LogP contribution < -0.4 is 4.74 Å². The molecule has 31 heavy (non-hydrogen) atoms. The Balaban J connectivity index is 1.76. The average Bonchev–Trinajstić information content (AvgIpc) is 3.28. The summed E-state index contributed by atoms with van der Waals surface area (Å²) >= 11 is 0. The van der Waals surface area contributed by atoms with Crippen LogP contribution in [0.15, 0.2) is 36.7 Å². The van der Waals surface area contributed by atoms with Crippen molar-refractivity contribution in [1.82, 2.24) is 19.3 Å². The Morgan fingerprint density at radius 1 is 1.16 bits per heavy atom. The molecule has 4 aromatic rings. The van der Waals surface area contributed by atoms with Crippen molar-refractivity contribution >= 4 is 30.0 Å². The Morgan fingerprint density at radius 2 is 1.90 bits per heavy atom. The molecule has 0 saturated heterocycles. The van der Waals surface area contributed by atoms with E-state index in [9.17, 15) is 5.26 Å². The van der Waals surface area contributed by atoms with Crippen molar-refractivity contribution in [3.63, 3.8) is 0 Å². The third kappa shape index (κ3) is 4.07. The molecule has 0 N–H and O–H groups in total. The minimum absolute atomic E-state index is 0.598. The summed E-state index contributed by atoms with van der Waals surface area (Å²) in [5, 5.41) is 16.3. The van der Waals surface area contributed by atoms with Crippen molar-refractivity contribution < 1.29 is 9.47 Å². The van der Waals surface area contributed by atoms with E-state index >= 15 is 0 Å². The Kier molecular flexibility index (Phi) is 5.56. The van der Waals surface area contributed by atoms with E-state index in [4.69, 9.17) is 19.6 Å². The van der Waals surface area contributed by atoms with Gasteiger partial charge in [0, 0.05) is 43.2 Å². The number of nitriles is 1. The van der Waals surface area contributed by atoms with Crippen molar-refractivity contribution in [2.24, 2.45) is 7.05 Å². The van der Waals surface area contributed by atoms with Gasteiger partial charge in [0.2, 0.25) is 0 Å². The second-order valence-electron chi connectivity index (χ2n) is 8.88. The fourth-order valence-corrected chi connectivity index (χ4v) is 4.52. The van der Waals surface area contributed by atoms with Gasteiger partial charge in [-0.2, -0.15) is 10.4 Å². The number of methoxy groups -OCH3 is 1. The van der Waals surface area contributed by atoms with Gasteiger partial charge < -0.3 is 14.0 Å². The zero-order valence-corrected chi connectivity index (χ0v) is 19.6. The molecule has 0 spiro atoms. The average molecular weight is 434 g/mol. The van der Waals surface area contributed by atoms with E-state index < -0.39 is 8.07 Å². The molecule has 3 heterocycles. The fourth-order valence-electron chi connectivity index (χ4n) is 3.76. The van der Waals surface area contributed by atoms with E-state index in [0.717, 1.165) is 45.2 Å². The highest BCUT2D eigenvalue weighted by atomic mass is 28.3. The summed E-state index contributed by atoms with van der Waals surface area (Å²) in [6.07, 6.45) is 4.54. The number of hydrogen-bond donors (Lipinski definition) is 0. The van der Waals surface area contributed by atoms with Crippen LogP contribution in [0.2, 0.25) is 19.6 Å². The molecule has 4 rings (SSSR count). The third-order valence-corrected chi connectivity index (χ3v) is 6.25.